The molecule has 0 saturated heterocycles. The molecule has 3 nitrogen and oxygen atoms in total. The van der Waals surface area contributed by atoms with E-state index in [0.717, 1.165) is 24.9 Å². The van der Waals surface area contributed by atoms with Crippen molar-refractivity contribution < 1.29 is 9.53 Å². The van der Waals surface area contributed by atoms with Crippen molar-refractivity contribution in [1.29, 1.82) is 0 Å². The lowest BCUT2D eigenvalue weighted by Crippen LogP contribution is -2.24. The minimum atomic E-state index is -0.304. The van der Waals surface area contributed by atoms with Crippen LogP contribution in [0.2, 0.25) is 0 Å². The molecule has 1 aromatic carbocycles. The summed E-state index contributed by atoms with van der Waals surface area (Å²) in [6.07, 6.45) is 5.48. The third kappa shape index (κ3) is 6.21. The zero-order valence-corrected chi connectivity index (χ0v) is 11.1. The molecule has 0 aliphatic heterocycles. The minimum Gasteiger partial charge on any atom is -0.446 e. The first-order valence-corrected chi connectivity index (χ1v) is 6.31. The second-order valence-corrected chi connectivity index (χ2v) is 4.27. The van der Waals surface area contributed by atoms with Gasteiger partial charge in [-0.05, 0) is 25.1 Å². The Kier molecular flexibility index (Phi) is 6.81. The Morgan fingerprint density at radius 2 is 2.06 bits per heavy atom. The fourth-order valence-electron chi connectivity index (χ4n) is 1.44. The second-order valence-electron chi connectivity index (χ2n) is 4.27. The normalized spacial score (nSPS) is 11.1. The molecule has 0 N–H and O–H groups in total. The molecule has 0 bridgehead atoms. The summed E-state index contributed by atoms with van der Waals surface area (Å²) in [4.78, 5) is 13.5. The Hall–Kier alpha value is -1.61. The SMILES string of the molecule is CCCCN(C)COC(=O)/C=C/c1ccccc1. The van der Waals surface area contributed by atoms with Gasteiger partial charge in [-0.3, -0.25) is 4.90 Å². The summed E-state index contributed by atoms with van der Waals surface area (Å²) in [6, 6.07) is 9.69. The molecule has 0 radical (unpaired) electrons. The summed E-state index contributed by atoms with van der Waals surface area (Å²) < 4.78 is 5.12. The van der Waals surface area contributed by atoms with Crippen molar-refractivity contribution in [3.05, 3.63) is 42.0 Å². The van der Waals surface area contributed by atoms with Gasteiger partial charge in [0.05, 0.1) is 0 Å². The van der Waals surface area contributed by atoms with Gasteiger partial charge in [-0.25, -0.2) is 4.79 Å². The number of carbonyl (C=O) groups is 1. The number of ether oxygens (including phenoxy) is 1. The molecule has 0 unspecified atom stereocenters. The first-order chi connectivity index (χ1) is 8.72. The quantitative estimate of drug-likeness (QED) is 0.421. The molecule has 0 fully saturated rings. The van der Waals surface area contributed by atoms with Crippen molar-refractivity contribution >= 4 is 12.0 Å². The highest BCUT2D eigenvalue weighted by atomic mass is 16.5. The van der Waals surface area contributed by atoms with E-state index in [1.54, 1.807) is 6.08 Å². The molecule has 3 heteroatoms. The van der Waals surface area contributed by atoms with Gasteiger partial charge in [0.25, 0.3) is 0 Å². The number of unbranched alkanes of at least 4 members (excludes halogenated alkanes) is 1. The first-order valence-electron chi connectivity index (χ1n) is 6.31. The number of esters is 1. The molecule has 0 saturated carbocycles. The molecule has 1 aromatic rings. The van der Waals surface area contributed by atoms with Crippen molar-refractivity contribution in [2.75, 3.05) is 20.3 Å². The van der Waals surface area contributed by atoms with Gasteiger partial charge in [-0.1, -0.05) is 43.7 Å². The van der Waals surface area contributed by atoms with Crippen molar-refractivity contribution in [3.63, 3.8) is 0 Å². The Balaban J connectivity index is 2.27. The van der Waals surface area contributed by atoms with Crippen LogP contribution in [0, 0.1) is 0 Å². The molecule has 0 aliphatic rings. The van der Waals surface area contributed by atoms with Gasteiger partial charge in [-0.15, -0.1) is 0 Å². The average Bonchev–Trinajstić information content (AvgIpc) is 2.41. The zero-order chi connectivity index (χ0) is 13.2. The summed E-state index contributed by atoms with van der Waals surface area (Å²) in [5, 5.41) is 0. The number of rotatable bonds is 7. The van der Waals surface area contributed by atoms with E-state index in [-0.39, 0.29) is 5.97 Å². The Bertz CT molecular complexity index is 373. The fourth-order valence-corrected chi connectivity index (χ4v) is 1.44. The molecule has 0 spiro atoms. The van der Waals surface area contributed by atoms with Crippen LogP contribution in [0.5, 0.6) is 0 Å². The lowest BCUT2D eigenvalue weighted by Gasteiger charge is -2.15. The van der Waals surface area contributed by atoms with Gasteiger partial charge in [0, 0.05) is 12.6 Å². The summed E-state index contributed by atoms with van der Waals surface area (Å²) in [6.45, 7) is 3.44. The van der Waals surface area contributed by atoms with E-state index in [2.05, 4.69) is 6.92 Å². The third-order valence-electron chi connectivity index (χ3n) is 2.53. The van der Waals surface area contributed by atoms with Gasteiger partial charge in [-0.2, -0.15) is 0 Å². The molecule has 0 atom stereocenters. The van der Waals surface area contributed by atoms with E-state index in [1.165, 1.54) is 6.08 Å². The molecule has 98 valence electrons. The fraction of sp³-hybridized carbons (Fsp3) is 0.400. The predicted molar refractivity (Wildman–Crippen MR) is 74.0 cm³/mol. The van der Waals surface area contributed by atoms with Crippen molar-refractivity contribution in [3.8, 4) is 0 Å². The molecule has 0 heterocycles. The zero-order valence-electron chi connectivity index (χ0n) is 11.1. The Morgan fingerprint density at radius 3 is 2.72 bits per heavy atom. The van der Waals surface area contributed by atoms with Gasteiger partial charge in [0.1, 0.15) is 6.73 Å². The van der Waals surface area contributed by atoms with Crippen LogP contribution in [0.25, 0.3) is 6.08 Å². The predicted octanol–water partition coefficient (Wildman–Crippen LogP) is 2.93. The maximum absolute atomic E-state index is 11.5. The Labute approximate surface area is 109 Å². The number of carbonyl (C=O) groups excluding carboxylic acids is 1. The van der Waals surface area contributed by atoms with Crippen LogP contribution in [-0.2, 0) is 9.53 Å². The highest BCUT2D eigenvalue weighted by Gasteiger charge is 2.01. The van der Waals surface area contributed by atoms with Crippen LogP contribution in [0.15, 0.2) is 36.4 Å². The van der Waals surface area contributed by atoms with Crippen molar-refractivity contribution in [2.45, 2.75) is 19.8 Å². The molecule has 18 heavy (non-hydrogen) atoms. The maximum atomic E-state index is 11.5. The highest BCUT2D eigenvalue weighted by molar-refractivity contribution is 5.86. The first kappa shape index (κ1) is 14.5. The van der Waals surface area contributed by atoms with E-state index in [9.17, 15) is 4.79 Å². The summed E-state index contributed by atoms with van der Waals surface area (Å²) in [5.41, 5.74) is 0.994. The lowest BCUT2D eigenvalue weighted by atomic mass is 10.2. The summed E-state index contributed by atoms with van der Waals surface area (Å²) >= 11 is 0. The molecular formula is C15H21NO2. The van der Waals surface area contributed by atoms with E-state index >= 15 is 0 Å². The minimum absolute atomic E-state index is 0.304. The van der Waals surface area contributed by atoms with Crippen LogP contribution >= 0.6 is 0 Å². The van der Waals surface area contributed by atoms with Gasteiger partial charge >= 0.3 is 5.97 Å². The van der Waals surface area contributed by atoms with Crippen LogP contribution in [-0.4, -0.2) is 31.2 Å². The topological polar surface area (TPSA) is 29.5 Å². The standard InChI is InChI=1S/C15H21NO2/c1-3-4-12-16(2)13-18-15(17)11-10-14-8-6-5-7-9-14/h5-11H,3-4,12-13H2,1-2H3/b11-10+. The molecule has 1 rings (SSSR count). The number of benzene rings is 1. The Morgan fingerprint density at radius 1 is 1.33 bits per heavy atom. The molecule has 0 amide bonds. The van der Waals surface area contributed by atoms with E-state index in [4.69, 9.17) is 4.74 Å². The van der Waals surface area contributed by atoms with Crippen LogP contribution in [0.4, 0.5) is 0 Å². The van der Waals surface area contributed by atoms with E-state index < -0.39 is 0 Å². The lowest BCUT2D eigenvalue weighted by molar-refractivity contribution is -0.141. The highest BCUT2D eigenvalue weighted by Crippen LogP contribution is 2.01. The second kappa shape index (κ2) is 8.48. The monoisotopic (exact) mass is 247 g/mol. The van der Waals surface area contributed by atoms with Crippen molar-refractivity contribution in [2.24, 2.45) is 0 Å². The third-order valence-corrected chi connectivity index (χ3v) is 2.53. The number of hydrogen-bond donors (Lipinski definition) is 0. The van der Waals surface area contributed by atoms with Gasteiger partial charge < -0.3 is 4.74 Å². The molecule has 0 aliphatic carbocycles. The van der Waals surface area contributed by atoms with Crippen LogP contribution in [0.1, 0.15) is 25.3 Å². The number of nitrogens with zero attached hydrogens (tertiary/aromatic N) is 1. The summed E-state index contributed by atoms with van der Waals surface area (Å²) in [7, 11) is 1.95. The summed E-state index contributed by atoms with van der Waals surface area (Å²) in [5.74, 6) is -0.304. The largest absolute Gasteiger partial charge is 0.446 e. The smallest absolute Gasteiger partial charge is 0.332 e. The van der Waals surface area contributed by atoms with Gasteiger partial charge in [0.2, 0.25) is 0 Å². The van der Waals surface area contributed by atoms with Crippen molar-refractivity contribution in [1.82, 2.24) is 4.90 Å². The van der Waals surface area contributed by atoms with Gasteiger partial charge in [0.15, 0.2) is 0 Å². The van der Waals surface area contributed by atoms with E-state index in [0.29, 0.717) is 6.73 Å². The van der Waals surface area contributed by atoms with Crippen LogP contribution in [0.3, 0.4) is 0 Å². The molecular weight excluding hydrogens is 226 g/mol. The average molecular weight is 247 g/mol. The van der Waals surface area contributed by atoms with E-state index in [1.807, 2.05) is 42.3 Å². The molecule has 0 aromatic heterocycles. The maximum Gasteiger partial charge on any atom is 0.332 e. The number of hydrogen-bond acceptors (Lipinski definition) is 3. The van der Waals surface area contributed by atoms with Crippen LogP contribution < -0.4 is 0 Å².